The number of likely N-dealkylation sites (N-methyl/N-ethyl adjacent to an activating group) is 1. The highest BCUT2D eigenvalue weighted by Gasteiger charge is 2.46. The van der Waals surface area contributed by atoms with Crippen molar-refractivity contribution in [3.63, 3.8) is 0 Å². The molecule has 114 valence electrons. The first-order valence-electron chi connectivity index (χ1n) is 7.27. The topological polar surface area (TPSA) is 74.8 Å². The Morgan fingerprint density at radius 3 is 2.55 bits per heavy atom. The summed E-state index contributed by atoms with van der Waals surface area (Å²) in [4.78, 5) is 51.1. The molecular weight excluding hydrogens is 284 g/mol. The number of likely N-dealkylation sites (tertiary alicyclic amines) is 1. The molecule has 2 heterocycles. The third-order valence-electron chi connectivity index (χ3n) is 4.35. The Bertz CT molecular complexity index is 710. The van der Waals surface area contributed by atoms with E-state index < -0.39 is 23.8 Å². The summed E-state index contributed by atoms with van der Waals surface area (Å²) in [6.45, 7) is 1.91. The van der Waals surface area contributed by atoms with E-state index in [0.717, 1.165) is 15.4 Å². The summed E-state index contributed by atoms with van der Waals surface area (Å²) in [5.41, 5.74) is 1.53. The van der Waals surface area contributed by atoms with Gasteiger partial charge in [-0.1, -0.05) is 19.1 Å². The second kappa shape index (κ2) is 5.05. The molecule has 0 spiro atoms. The van der Waals surface area contributed by atoms with Crippen LogP contribution in [0.1, 0.15) is 46.0 Å². The van der Waals surface area contributed by atoms with Crippen LogP contribution in [0.2, 0.25) is 0 Å². The van der Waals surface area contributed by atoms with Crippen molar-refractivity contribution in [3.05, 3.63) is 34.9 Å². The van der Waals surface area contributed by atoms with Gasteiger partial charge in [0, 0.05) is 13.5 Å². The van der Waals surface area contributed by atoms with Gasteiger partial charge < -0.3 is 0 Å². The van der Waals surface area contributed by atoms with Gasteiger partial charge in [-0.3, -0.25) is 29.0 Å². The Kier molecular flexibility index (Phi) is 3.31. The average Bonchev–Trinajstić information content (AvgIpc) is 2.77. The SMILES string of the molecule is CCc1cccc2c1C(=O)N(C1CCC(=O)N(C)C1=O)C2=O. The van der Waals surface area contributed by atoms with Gasteiger partial charge in [-0.05, 0) is 24.5 Å². The molecule has 0 radical (unpaired) electrons. The molecule has 1 fully saturated rings. The van der Waals surface area contributed by atoms with Crippen molar-refractivity contribution in [2.75, 3.05) is 7.05 Å². The van der Waals surface area contributed by atoms with E-state index in [0.29, 0.717) is 17.5 Å². The van der Waals surface area contributed by atoms with E-state index >= 15 is 0 Å². The Hall–Kier alpha value is -2.50. The predicted molar refractivity (Wildman–Crippen MR) is 77.1 cm³/mol. The van der Waals surface area contributed by atoms with Crippen LogP contribution in [0.15, 0.2) is 18.2 Å². The molecule has 1 unspecified atom stereocenters. The molecule has 4 amide bonds. The number of benzene rings is 1. The largest absolute Gasteiger partial charge is 0.284 e. The number of nitrogens with zero attached hydrogens (tertiary/aromatic N) is 2. The lowest BCUT2D eigenvalue weighted by atomic mass is 10.0. The smallest absolute Gasteiger partial charge is 0.262 e. The summed E-state index contributed by atoms with van der Waals surface area (Å²) in [7, 11) is 1.38. The Morgan fingerprint density at radius 2 is 1.86 bits per heavy atom. The minimum absolute atomic E-state index is 0.154. The number of piperidine rings is 1. The summed E-state index contributed by atoms with van der Waals surface area (Å²) in [6.07, 6.45) is 0.975. The van der Waals surface area contributed by atoms with Crippen LogP contribution in [0.4, 0.5) is 0 Å². The van der Waals surface area contributed by atoms with Crippen molar-refractivity contribution in [2.45, 2.75) is 32.2 Å². The number of amides is 4. The molecule has 22 heavy (non-hydrogen) atoms. The first-order valence-corrected chi connectivity index (χ1v) is 7.27. The van der Waals surface area contributed by atoms with Crippen LogP contribution in [0.3, 0.4) is 0 Å². The highest BCUT2D eigenvalue weighted by atomic mass is 16.2. The maximum absolute atomic E-state index is 12.7. The third kappa shape index (κ3) is 1.87. The molecule has 6 heteroatoms. The molecule has 0 aromatic heterocycles. The molecule has 1 aromatic carbocycles. The summed E-state index contributed by atoms with van der Waals surface area (Å²) in [5, 5.41) is 0. The van der Waals surface area contributed by atoms with Gasteiger partial charge in [0.1, 0.15) is 6.04 Å². The van der Waals surface area contributed by atoms with Crippen LogP contribution in [-0.4, -0.2) is 46.5 Å². The van der Waals surface area contributed by atoms with E-state index in [1.807, 2.05) is 13.0 Å². The van der Waals surface area contributed by atoms with Gasteiger partial charge >= 0.3 is 0 Å². The van der Waals surface area contributed by atoms with Crippen LogP contribution < -0.4 is 0 Å². The highest BCUT2D eigenvalue weighted by molar-refractivity contribution is 6.24. The molecule has 1 saturated heterocycles. The molecule has 2 aliphatic heterocycles. The lowest BCUT2D eigenvalue weighted by Crippen LogP contribution is -2.54. The number of aryl methyl sites for hydroxylation is 1. The summed E-state index contributed by atoms with van der Waals surface area (Å²) in [5.74, 6) is -1.66. The Balaban J connectivity index is 2.01. The van der Waals surface area contributed by atoms with Crippen LogP contribution >= 0.6 is 0 Å². The van der Waals surface area contributed by atoms with Gasteiger partial charge in [-0.15, -0.1) is 0 Å². The summed E-state index contributed by atoms with van der Waals surface area (Å²) < 4.78 is 0. The van der Waals surface area contributed by atoms with E-state index in [2.05, 4.69) is 0 Å². The zero-order valence-electron chi connectivity index (χ0n) is 12.5. The van der Waals surface area contributed by atoms with Crippen LogP contribution in [0.25, 0.3) is 0 Å². The predicted octanol–water partition coefficient (Wildman–Crippen LogP) is 0.992. The standard InChI is InChI=1S/C16H16N2O4/c1-3-9-5-4-6-10-13(9)16(22)18(14(10)20)11-7-8-12(19)17(2)15(11)21/h4-6,11H,3,7-8H2,1-2H3. The van der Waals surface area contributed by atoms with Crippen LogP contribution in [-0.2, 0) is 16.0 Å². The summed E-state index contributed by atoms with van der Waals surface area (Å²) >= 11 is 0. The molecule has 0 bridgehead atoms. The highest BCUT2D eigenvalue weighted by Crippen LogP contribution is 2.30. The molecule has 2 aliphatic rings. The average molecular weight is 300 g/mol. The molecule has 6 nitrogen and oxygen atoms in total. The molecule has 0 aliphatic carbocycles. The van der Waals surface area contributed by atoms with Crippen LogP contribution in [0, 0.1) is 0 Å². The van der Waals surface area contributed by atoms with Crippen molar-refractivity contribution in [1.82, 2.24) is 9.80 Å². The van der Waals surface area contributed by atoms with E-state index in [9.17, 15) is 19.2 Å². The number of fused-ring (bicyclic) bond motifs is 1. The fraction of sp³-hybridized carbons (Fsp3) is 0.375. The van der Waals surface area contributed by atoms with E-state index in [1.54, 1.807) is 12.1 Å². The minimum Gasteiger partial charge on any atom is -0.284 e. The van der Waals surface area contributed by atoms with E-state index in [-0.39, 0.29) is 18.7 Å². The maximum Gasteiger partial charge on any atom is 0.262 e. The molecular formula is C16H16N2O4. The fourth-order valence-corrected chi connectivity index (χ4v) is 3.09. The normalized spacial score (nSPS) is 21.6. The molecule has 0 saturated carbocycles. The number of carbonyl (C=O) groups excluding carboxylic acids is 4. The molecule has 3 rings (SSSR count). The van der Waals surface area contributed by atoms with Gasteiger partial charge in [-0.25, -0.2) is 0 Å². The fourth-order valence-electron chi connectivity index (χ4n) is 3.09. The van der Waals surface area contributed by atoms with E-state index in [4.69, 9.17) is 0 Å². The van der Waals surface area contributed by atoms with E-state index in [1.165, 1.54) is 7.05 Å². The number of rotatable bonds is 2. The first kappa shape index (κ1) is 14.4. The second-order valence-corrected chi connectivity index (χ2v) is 5.52. The second-order valence-electron chi connectivity index (χ2n) is 5.52. The molecule has 1 atom stereocenters. The third-order valence-corrected chi connectivity index (χ3v) is 4.35. The van der Waals surface area contributed by atoms with Gasteiger partial charge in [0.15, 0.2) is 0 Å². The van der Waals surface area contributed by atoms with Crippen molar-refractivity contribution in [2.24, 2.45) is 0 Å². The van der Waals surface area contributed by atoms with Crippen molar-refractivity contribution in [1.29, 1.82) is 0 Å². The number of imide groups is 2. The Morgan fingerprint density at radius 1 is 1.14 bits per heavy atom. The molecule has 1 aromatic rings. The summed E-state index contributed by atoms with van der Waals surface area (Å²) in [6, 6.07) is 4.27. The first-order chi connectivity index (χ1) is 10.5. The number of carbonyl (C=O) groups is 4. The number of hydrogen-bond donors (Lipinski definition) is 0. The maximum atomic E-state index is 12.7. The quantitative estimate of drug-likeness (QED) is 0.763. The van der Waals surface area contributed by atoms with Crippen molar-refractivity contribution >= 4 is 23.6 Å². The van der Waals surface area contributed by atoms with Gasteiger partial charge in [0.25, 0.3) is 17.7 Å². The number of hydrogen-bond acceptors (Lipinski definition) is 4. The Labute approximate surface area is 127 Å². The lowest BCUT2D eigenvalue weighted by molar-refractivity contribution is -0.149. The lowest BCUT2D eigenvalue weighted by Gasteiger charge is -2.32. The van der Waals surface area contributed by atoms with Crippen LogP contribution in [0.5, 0.6) is 0 Å². The van der Waals surface area contributed by atoms with Gasteiger partial charge in [0.05, 0.1) is 11.1 Å². The van der Waals surface area contributed by atoms with Crippen molar-refractivity contribution in [3.8, 4) is 0 Å². The monoisotopic (exact) mass is 300 g/mol. The van der Waals surface area contributed by atoms with Gasteiger partial charge in [0.2, 0.25) is 5.91 Å². The minimum atomic E-state index is -0.889. The zero-order valence-corrected chi connectivity index (χ0v) is 12.5. The van der Waals surface area contributed by atoms with Gasteiger partial charge in [-0.2, -0.15) is 0 Å². The molecule has 0 N–H and O–H groups in total. The van der Waals surface area contributed by atoms with Crippen molar-refractivity contribution < 1.29 is 19.2 Å². The zero-order chi connectivity index (χ0) is 16.0.